The number of hydrogen-bond acceptors (Lipinski definition) is 1. The molecular weight excluding hydrogens is 160 g/mol. The van der Waals surface area contributed by atoms with Crippen LogP contribution in [0.3, 0.4) is 0 Å². The first-order valence-corrected chi connectivity index (χ1v) is 4.64. The van der Waals surface area contributed by atoms with Gasteiger partial charge < -0.3 is 4.42 Å². The summed E-state index contributed by atoms with van der Waals surface area (Å²) in [5, 5.41) is 0. The van der Waals surface area contributed by atoms with E-state index >= 15 is 0 Å². The van der Waals surface area contributed by atoms with Crippen molar-refractivity contribution >= 4 is 5.57 Å². The van der Waals surface area contributed by atoms with Crippen LogP contribution in [-0.4, -0.2) is 0 Å². The zero-order chi connectivity index (χ0) is 10.1. The standard InChI is InChI=1S/C12H18O/c1-9(8-12(3,4)5)11-6-7-13-10(11)2/h6-8H,1-5H3/b9-8+. The molecule has 1 heteroatoms. The Bertz CT molecular complexity index is 310. The maximum Gasteiger partial charge on any atom is 0.108 e. The van der Waals surface area contributed by atoms with Gasteiger partial charge in [-0.1, -0.05) is 26.8 Å². The predicted octanol–water partition coefficient (Wildman–Crippen LogP) is 4.04. The van der Waals surface area contributed by atoms with E-state index in [-0.39, 0.29) is 5.41 Å². The molecule has 13 heavy (non-hydrogen) atoms. The van der Waals surface area contributed by atoms with Crippen molar-refractivity contribution < 1.29 is 4.42 Å². The van der Waals surface area contributed by atoms with Gasteiger partial charge in [0.15, 0.2) is 0 Å². The summed E-state index contributed by atoms with van der Waals surface area (Å²) in [5.74, 6) is 0.998. The van der Waals surface area contributed by atoms with Crippen LogP contribution < -0.4 is 0 Å². The largest absolute Gasteiger partial charge is 0.469 e. The molecule has 0 bridgehead atoms. The first kappa shape index (κ1) is 10.1. The summed E-state index contributed by atoms with van der Waals surface area (Å²) in [4.78, 5) is 0. The van der Waals surface area contributed by atoms with Crippen LogP contribution in [0.2, 0.25) is 0 Å². The lowest BCUT2D eigenvalue weighted by atomic mass is 9.92. The Hall–Kier alpha value is -0.980. The Morgan fingerprint density at radius 3 is 2.38 bits per heavy atom. The third kappa shape index (κ3) is 2.76. The summed E-state index contributed by atoms with van der Waals surface area (Å²) in [6.07, 6.45) is 4.01. The molecule has 0 saturated heterocycles. The highest BCUT2D eigenvalue weighted by Gasteiger charge is 2.09. The number of hydrogen-bond donors (Lipinski definition) is 0. The maximum atomic E-state index is 5.26. The van der Waals surface area contributed by atoms with E-state index in [2.05, 4.69) is 33.8 Å². The fourth-order valence-electron chi connectivity index (χ4n) is 1.52. The summed E-state index contributed by atoms with van der Waals surface area (Å²) < 4.78 is 5.26. The van der Waals surface area contributed by atoms with E-state index in [0.29, 0.717) is 0 Å². The average molecular weight is 178 g/mol. The molecule has 0 unspecified atom stereocenters. The minimum Gasteiger partial charge on any atom is -0.469 e. The molecule has 1 nitrogen and oxygen atoms in total. The van der Waals surface area contributed by atoms with Gasteiger partial charge in [0.25, 0.3) is 0 Å². The third-order valence-electron chi connectivity index (χ3n) is 1.93. The highest BCUT2D eigenvalue weighted by Crippen LogP contribution is 2.25. The highest BCUT2D eigenvalue weighted by atomic mass is 16.3. The summed E-state index contributed by atoms with van der Waals surface area (Å²) in [6.45, 7) is 10.7. The molecule has 0 N–H and O–H groups in total. The van der Waals surface area contributed by atoms with Gasteiger partial charge in [0.2, 0.25) is 0 Å². The van der Waals surface area contributed by atoms with Gasteiger partial charge in [-0.25, -0.2) is 0 Å². The van der Waals surface area contributed by atoms with Crippen molar-refractivity contribution in [3.63, 3.8) is 0 Å². The van der Waals surface area contributed by atoms with Crippen LogP contribution in [0.25, 0.3) is 5.57 Å². The molecule has 0 spiro atoms. The summed E-state index contributed by atoms with van der Waals surface area (Å²) in [7, 11) is 0. The Morgan fingerprint density at radius 1 is 1.38 bits per heavy atom. The molecule has 1 aromatic rings. The van der Waals surface area contributed by atoms with Crippen LogP contribution >= 0.6 is 0 Å². The lowest BCUT2D eigenvalue weighted by Crippen LogP contribution is -2.00. The Morgan fingerprint density at radius 2 is 2.00 bits per heavy atom. The normalized spacial score (nSPS) is 13.5. The van der Waals surface area contributed by atoms with Crippen LogP contribution in [0.1, 0.15) is 39.0 Å². The van der Waals surface area contributed by atoms with Gasteiger partial charge in [-0.3, -0.25) is 0 Å². The predicted molar refractivity (Wildman–Crippen MR) is 56.6 cm³/mol. The fourth-order valence-corrected chi connectivity index (χ4v) is 1.52. The van der Waals surface area contributed by atoms with E-state index in [0.717, 1.165) is 5.76 Å². The second-order valence-electron chi connectivity index (χ2n) is 4.58. The van der Waals surface area contributed by atoms with Gasteiger partial charge >= 0.3 is 0 Å². The molecular formula is C12H18O. The van der Waals surface area contributed by atoms with Crippen molar-refractivity contribution in [2.24, 2.45) is 5.41 Å². The van der Waals surface area contributed by atoms with Crippen LogP contribution in [0.4, 0.5) is 0 Å². The minimum atomic E-state index is 0.230. The summed E-state index contributed by atoms with van der Waals surface area (Å²) >= 11 is 0. The van der Waals surface area contributed by atoms with E-state index in [1.54, 1.807) is 6.26 Å². The average Bonchev–Trinajstić information content (AvgIpc) is 2.30. The highest BCUT2D eigenvalue weighted by molar-refractivity contribution is 5.65. The zero-order valence-corrected chi connectivity index (χ0v) is 9.14. The monoisotopic (exact) mass is 178 g/mol. The van der Waals surface area contributed by atoms with E-state index in [1.807, 2.05) is 13.0 Å². The first-order chi connectivity index (χ1) is 5.90. The molecule has 0 atom stereocenters. The van der Waals surface area contributed by atoms with Crippen molar-refractivity contribution in [3.8, 4) is 0 Å². The topological polar surface area (TPSA) is 13.1 Å². The van der Waals surface area contributed by atoms with Crippen molar-refractivity contribution in [2.45, 2.75) is 34.6 Å². The molecule has 0 amide bonds. The molecule has 0 saturated carbocycles. The molecule has 0 fully saturated rings. The minimum absolute atomic E-state index is 0.230. The molecule has 0 aliphatic rings. The summed E-state index contributed by atoms with van der Waals surface area (Å²) in [6, 6.07) is 2.02. The van der Waals surface area contributed by atoms with Crippen LogP contribution in [-0.2, 0) is 0 Å². The van der Waals surface area contributed by atoms with Gasteiger partial charge in [-0.2, -0.15) is 0 Å². The van der Waals surface area contributed by atoms with Crippen molar-refractivity contribution in [3.05, 3.63) is 29.7 Å². The number of allylic oxidation sites excluding steroid dienone is 2. The number of aryl methyl sites for hydroxylation is 1. The van der Waals surface area contributed by atoms with Crippen molar-refractivity contribution in [1.29, 1.82) is 0 Å². The van der Waals surface area contributed by atoms with Gasteiger partial charge in [0.1, 0.15) is 5.76 Å². The van der Waals surface area contributed by atoms with Gasteiger partial charge in [0.05, 0.1) is 6.26 Å². The van der Waals surface area contributed by atoms with Gasteiger partial charge in [-0.05, 0) is 30.9 Å². The van der Waals surface area contributed by atoms with Crippen molar-refractivity contribution in [1.82, 2.24) is 0 Å². The van der Waals surface area contributed by atoms with E-state index < -0.39 is 0 Å². The first-order valence-electron chi connectivity index (χ1n) is 4.64. The summed E-state index contributed by atoms with van der Waals surface area (Å²) in [5.41, 5.74) is 2.74. The zero-order valence-electron chi connectivity index (χ0n) is 9.14. The van der Waals surface area contributed by atoms with Crippen molar-refractivity contribution in [2.75, 3.05) is 0 Å². The second-order valence-corrected chi connectivity index (χ2v) is 4.58. The fraction of sp³-hybridized carbons (Fsp3) is 0.500. The number of rotatable bonds is 1. The maximum absolute atomic E-state index is 5.26. The van der Waals surface area contributed by atoms with Crippen LogP contribution in [0.15, 0.2) is 22.8 Å². The quantitative estimate of drug-likeness (QED) is 0.632. The Balaban J connectivity index is 2.98. The SMILES string of the molecule is C/C(=C\C(C)(C)C)c1ccoc1C. The van der Waals surface area contributed by atoms with Crippen LogP contribution in [0, 0.1) is 12.3 Å². The molecule has 0 aliphatic carbocycles. The van der Waals surface area contributed by atoms with Gasteiger partial charge in [-0.15, -0.1) is 0 Å². The molecule has 1 heterocycles. The van der Waals surface area contributed by atoms with Crippen LogP contribution in [0.5, 0.6) is 0 Å². The van der Waals surface area contributed by atoms with E-state index in [4.69, 9.17) is 4.42 Å². The molecule has 0 aromatic carbocycles. The van der Waals surface area contributed by atoms with E-state index in [1.165, 1.54) is 11.1 Å². The van der Waals surface area contributed by atoms with Gasteiger partial charge in [0, 0.05) is 5.56 Å². The molecule has 0 radical (unpaired) electrons. The van der Waals surface area contributed by atoms with E-state index in [9.17, 15) is 0 Å². The molecule has 1 rings (SSSR count). The number of furan rings is 1. The Labute approximate surface area is 80.5 Å². The molecule has 72 valence electrons. The lowest BCUT2D eigenvalue weighted by molar-refractivity contribution is 0.532. The lowest BCUT2D eigenvalue weighted by Gasteiger charge is -2.13. The third-order valence-corrected chi connectivity index (χ3v) is 1.93. The molecule has 1 aromatic heterocycles. The molecule has 0 aliphatic heterocycles. The second kappa shape index (κ2) is 3.41. The Kier molecular flexibility index (Phi) is 2.65. The smallest absolute Gasteiger partial charge is 0.108 e.